The third-order valence-corrected chi connectivity index (χ3v) is 6.31. The number of aryl methyl sites for hydroxylation is 3. The van der Waals surface area contributed by atoms with Crippen molar-refractivity contribution >= 4 is 21.6 Å². The first-order valence-corrected chi connectivity index (χ1v) is 10.5. The summed E-state index contributed by atoms with van der Waals surface area (Å²) in [7, 11) is -3.87. The van der Waals surface area contributed by atoms with Gasteiger partial charge in [0.2, 0.25) is 5.91 Å². The largest absolute Gasteiger partial charge is 0.352 e. The van der Waals surface area contributed by atoms with Gasteiger partial charge >= 0.3 is 0 Å². The van der Waals surface area contributed by atoms with Gasteiger partial charge in [-0.15, -0.1) is 0 Å². The standard InChI is InChI=1S/C21H28N2O3S/c1-6-18(5)22-21(24)14-23(20-12-9-16(3)13-17(20)4)27(25,26)19-10-7-15(2)8-11-19/h7-13,18H,6,14H2,1-5H3,(H,22,24)/t18-/m0/s1. The number of rotatable bonds is 7. The van der Waals surface area contributed by atoms with Crippen LogP contribution in [-0.2, 0) is 14.8 Å². The van der Waals surface area contributed by atoms with Crippen molar-refractivity contribution in [2.75, 3.05) is 10.8 Å². The molecule has 1 amide bonds. The van der Waals surface area contributed by atoms with Crippen molar-refractivity contribution in [3.05, 3.63) is 59.2 Å². The molecule has 0 bridgehead atoms. The van der Waals surface area contributed by atoms with Crippen LogP contribution in [0.1, 0.15) is 37.0 Å². The summed E-state index contributed by atoms with van der Waals surface area (Å²) < 4.78 is 27.8. The van der Waals surface area contributed by atoms with Gasteiger partial charge in [-0.2, -0.15) is 0 Å². The Morgan fingerprint density at radius 1 is 1.04 bits per heavy atom. The van der Waals surface area contributed by atoms with Crippen LogP contribution in [0.2, 0.25) is 0 Å². The lowest BCUT2D eigenvalue weighted by Crippen LogP contribution is -2.43. The summed E-state index contributed by atoms with van der Waals surface area (Å²) in [5.41, 5.74) is 3.33. The van der Waals surface area contributed by atoms with E-state index in [0.29, 0.717) is 5.69 Å². The zero-order chi connectivity index (χ0) is 20.2. The number of carbonyl (C=O) groups is 1. The molecule has 2 aromatic rings. The van der Waals surface area contributed by atoms with Crippen LogP contribution in [0.3, 0.4) is 0 Å². The number of carbonyl (C=O) groups excluding carboxylic acids is 1. The number of sulfonamides is 1. The van der Waals surface area contributed by atoms with Crippen LogP contribution >= 0.6 is 0 Å². The third-order valence-electron chi connectivity index (χ3n) is 4.54. The van der Waals surface area contributed by atoms with Gasteiger partial charge in [-0.1, -0.05) is 42.3 Å². The van der Waals surface area contributed by atoms with Crippen LogP contribution in [0.15, 0.2) is 47.4 Å². The third kappa shape index (κ3) is 5.10. The van der Waals surface area contributed by atoms with Crippen LogP contribution in [0, 0.1) is 20.8 Å². The number of benzene rings is 2. The van der Waals surface area contributed by atoms with E-state index in [4.69, 9.17) is 0 Å². The van der Waals surface area contributed by atoms with Crippen molar-refractivity contribution in [1.82, 2.24) is 5.32 Å². The van der Waals surface area contributed by atoms with Crippen LogP contribution < -0.4 is 9.62 Å². The first-order valence-electron chi connectivity index (χ1n) is 9.11. The zero-order valence-corrected chi connectivity index (χ0v) is 17.4. The molecule has 5 nitrogen and oxygen atoms in total. The maximum atomic E-state index is 13.3. The van der Waals surface area contributed by atoms with Crippen molar-refractivity contribution in [2.24, 2.45) is 0 Å². The molecule has 0 saturated heterocycles. The van der Waals surface area contributed by atoms with Crippen molar-refractivity contribution in [1.29, 1.82) is 0 Å². The van der Waals surface area contributed by atoms with Gasteiger partial charge in [0, 0.05) is 6.04 Å². The monoisotopic (exact) mass is 388 g/mol. The number of amides is 1. The maximum absolute atomic E-state index is 13.3. The second-order valence-electron chi connectivity index (χ2n) is 6.99. The molecule has 0 radical (unpaired) electrons. The van der Waals surface area contributed by atoms with Crippen molar-refractivity contribution in [2.45, 2.75) is 52.0 Å². The molecule has 0 aliphatic carbocycles. The minimum atomic E-state index is -3.87. The molecule has 2 rings (SSSR count). The molecule has 0 fully saturated rings. The Bertz CT molecular complexity index is 906. The Hall–Kier alpha value is -2.34. The molecule has 0 unspecified atom stereocenters. The van der Waals surface area contributed by atoms with E-state index in [2.05, 4.69) is 5.32 Å². The molecule has 27 heavy (non-hydrogen) atoms. The molecular weight excluding hydrogens is 360 g/mol. The highest BCUT2D eigenvalue weighted by atomic mass is 32.2. The second-order valence-corrected chi connectivity index (χ2v) is 8.85. The van der Waals surface area contributed by atoms with Gasteiger partial charge in [-0.25, -0.2) is 8.42 Å². The van der Waals surface area contributed by atoms with E-state index in [1.54, 1.807) is 30.3 Å². The Balaban J connectivity index is 2.48. The molecule has 0 saturated carbocycles. The molecule has 0 aliphatic rings. The average molecular weight is 389 g/mol. The molecule has 0 spiro atoms. The van der Waals surface area contributed by atoms with E-state index >= 15 is 0 Å². The molecule has 1 N–H and O–H groups in total. The summed E-state index contributed by atoms with van der Waals surface area (Å²) in [6.07, 6.45) is 0.778. The SMILES string of the molecule is CC[C@H](C)NC(=O)CN(c1ccc(C)cc1C)S(=O)(=O)c1ccc(C)cc1. The lowest BCUT2D eigenvalue weighted by Gasteiger charge is -2.26. The van der Waals surface area contributed by atoms with Crippen LogP contribution in [0.4, 0.5) is 5.69 Å². The first kappa shape index (κ1) is 21.0. The molecule has 0 heterocycles. The van der Waals surface area contributed by atoms with Gasteiger partial charge in [0.25, 0.3) is 10.0 Å². The lowest BCUT2D eigenvalue weighted by atomic mass is 10.1. The topological polar surface area (TPSA) is 66.5 Å². The Morgan fingerprint density at radius 2 is 1.63 bits per heavy atom. The molecule has 0 aliphatic heterocycles. The molecule has 146 valence electrons. The highest BCUT2D eigenvalue weighted by Crippen LogP contribution is 2.27. The normalized spacial score (nSPS) is 12.5. The molecule has 6 heteroatoms. The number of nitrogens with zero attached hydrogens (tertiary/aromatic N) is 1. The Kier molecular flexibility index (Phi) is 6.65. The van der Waals surface area contributed by atoms with Gasteiger partial charge in [-0.05, 0) is 57.9 Å². The van der Waals surface area contributed by atoms with Crippen LogP contribution in [-0.4, -0.2) is 26.9 Å². The van der Waals surface area contributed by atoms with E-state index < -0.39 is 10.0 Å². The minimum absolute atomic E-state index is 0.0134. The second kappa shape index (κ2) is 8.57. The summed E-state index contributed by atoms with van der Waals surface area (Å²) >= 11 is 0. The summed E-state index contributed by atoms with van der Waals surface area (Å²) in [6, 6.07) is 12.2. The van der Waals surface area contributed by atoms with E-state index in [1.165, 1.54) is 4.31 Å². The lowest BCUT2D eigenvalue weighted by molar-refractivity contribution is -0.120. The minimum Gasteiger partial charge on any atom is -0.352 e. The molecule has 2 aromatic carbocycles. The number of anilines is 1. The summed E-state index contributed by atoms with van der Waals surface area (Å²) in [5, 5.41) is 2.85. The van der Waals surface area contributed by atoms with Crippen LogP contribution in [0.5, 0.6) is 0 Å². The van der Waals surface area contributed by atoms with Gasteiger partial charge in [0.05, 0.1) is 10.6 Å². The molecule has 1 atom stereocenters. The molecular formula is C21H28N2O3S. The van der Waals surface area contributed by atoms with E-state index in [9.17, 15) is 13.2 Å². The van der Waals surface area contributed by atoms with Gasteiger partial charge in [0.1, 0.15) is 6.54 Å². The fourth-order valence-electron chi connectivity index (χ4n) is 2.78. The van der Waals surface area contributed by atoms with Crippen molar-refractivity contribution in [3.8, 4) is 0 Å². The average Bonchev–Trinajstić information content (AvgIpc) is 2.60. The highest BCUT2D eigenvalue weighted by Gasteiger charge is 2.28. The quantitative estimate of drug-likeness (QED) is 0.786. The number of hydrogen-bond acceptors (Lipinski definition) is 3. The summed E-state index contributed by atoms with van der Waals surface area (Å²) in [4.78, 5) is 12.7. The fourth-order valence-corrected chi connectivity index (χ4v) is 4.26. The zero-order valence-electron chi connectivity index (χ0n) is 16.6. The van der Waals surface area contributed by atoms with Gasteiger partial charge < -0.3 is 5.32 Å². The summed E-state index contributed by atoms with van der Waals surface area (Å²) in [5.74, 6) is -0.319. The predicted octanol–water partition coefficient (Wildman–Crippen LogP) is 3.72. The van der Waals surface area contributed by atoms with E-state index in [0.717, 1.165) is 23.1 Å². The van der Waals surface area contributed by atoms with E-state index in [-0.39, 0.29) is 23.4 Å². The molecule has 0 aromatic heterocycles. The Morgan fingerprint density at radius 3 is 2.19 bits per heavy atom. The fraction of sp³-hybridized carbons (Fsp3) is 0.381. The first-order chi connectivity index (χ1) is 12.6. The van der Waals surface area contributed by atoms with E-state index in [1.807, 2.05) is 46.8 Å². The number of hydrogen-bond donors (Lipinski definition) is 1. The van der Waals surface area contributed by atoms with Crippen molar-refractivity contribution in [3.63, 3.8) is 0 Å². The Labute approximate surface area is 162 Å². The number of nitrogens with one attached hydrogen (secondary N) is 1. The van der Waals surface area contributed by atoms with Crippen molar-refractivity contribution < 1.29 is 13.2 Å². The predicted molar refractivity (Wildman–Crippen MR) is 110 cm³/mol. The maximum Gasteiger partial charge on any atom is 0.264 e. The van der Waals surface area contributed by atoms with Gasteiger partial charge in [0.15, 0.2) is 0 Å². The highest BCUT2D eigenvalue weighted by molar-refractivity contribution is 7.92. The smallest absolute Gasteiger partial charge is 0.264 e. The van der Waals surface area contributed by atoms with Gasteiger partial charge in [-0.3, -0.25) is 9.10 Å². The summed E-state index contributed by atoms with van der Waals surface area (Å²) in [6.45, 7) is 9.31. The van der Waals surface area contributed by atoms with Crippen LogP contribution in [0.25, 0.3) is 0 Å².